The van der Waals surface area contributed by atoms with Crippen LogP contribution in [0.25, 0.3) is 11.1 Å². The molecule has 1 aliphatic carbocycles. The van der Waals surface area contributed by atoms with Gasteiger partial charge in [0.2, 0.25) is 0 Å². The van der Waals surface area contributed by atoms with Crippen LogP contribution in [0.5, 0.6) is 5.75 Å². The zero-order valence-electron chi connectivity index (χ0n) is 23.4. The van der Waals surface area contributed by atoms with Crippen LogP contribution in [-0.4, -0.2) is 40.9 Å². The van der Waals surface area contributed by atoms with E-state index in [-0.39, 0.29) is 11.9 Å². The van der Waals surface area contributed by atoms with E-state index in [2.05, 4.69) is 44.2 Å². The molecule has 1 fully saturated rings. The van der Waals surface area contributed by atoms with Gasteiger partial charge in [0.25, 0.3) is 5.91 Å². The molecule has 1 amide bonds. The van der Waals surface area contributed by atoms with E-state index in [0.717, 1.165) is 80.3 Å². The predicted molar refractivity (Wildman–Crippen MR) is 151 cm³/mol. The molecule has 6 nitrogen and oxygen atoms in total. The molecule has 1 spiro atoms. The van der Waals surface area contributed by atoms with Crippen LogP contribution in [0.3, 0.4) is 0 Å². The molecule has 2 aromatic carbocycles. The van der Waals surface area contributed by atoms with E-state index in [9.17, 15) is 9.59 Å². The third kappa shape index (κ3) is 6.11. The lowest BCUT2D eigenvalue weighted by molar-refractivity contribution is -0.150. The van der Waals surface area contributed by atoms with E-state index in [1.807, 2.05) is 17.0 Å². The van der Waals surface area contributed by atoms with Crippen molar-refractivity contribution in [2.75, 3.05) is 6.61 Å². The number of carbonyl (C=O) groups is 2. The molecular weight excluding hydrogens is 476 g/mol. The molecule has 1 aliphatic heterocycles. The highest BCUT2D eigenvalue weighted by Crippen LogP contribution is 2.40. The zero-order valence-corrected chi connectivity index (χ0v) is 23.4. The minimum Gasteiger partial charge on any atom is -0.479 e. The van der Waals surface area contributed by atoms with Crippen LogP contribution in [0.2, 0.25) is 0 Å². The third-order valence-electron chi connectivity index (χ3n) is 7.62. The molecule has 0 bridgehead atoms. The van der Waals surface area contributed by atoms with E-state index in [1.54, 1.807) is 13.8 Å². The number of aryl methyl sites for hydroxylation is 1. The first-order valence-corrected chi connectivity index (χ1v) is 14.4. The van der Waals surface area contributed by atoms with Crippen molar-refractivity contribution in [1.29, 1.82) is 0 Å². The van der Waals surface area contributed by atoms with Gasteiger partial charge in [0.05, 0.1) is 13.2 Å². The monoisotopic (exact) mass is 518 g/mol. The highest BCUT2D eigenvalue weighted by Gasteiger charge is 2.49. The van der Waals surface area contributed by atoms with Crippen molar-refractivity contribution in [3.8, 4) is 16.9 Å². The van der Waals surface area contributed by atoms with Crippen LogP contribution in [0.15, 0.2) is 47.5 Å². The van der Waals surface area contributed by atoms with E-state index in [0.29, 0.717) is 18.9 Å². The number of amidine groups is 1. The van der Waals surface area contributed by atoms with Crippen molar-refractivity contribution in [2.24, 2.45) is 4.99 Å². The van der Waals surface area contributed by atoms with E-state index in [1.165, 1.54) is 5.56 Å². The molecule has 1 atom stereocenters. The van der Waals surface area contributed by atoms with Crippen molar-refractivity contribution in [3.63, 3.8) is 0 Å². The predicted octanol–water partition coefficient (Wildman–Crippen LogP) is 6.88. The molecule has 0 saturated heterocycles. The average Bonchev–Trinajstić information content (AvgIpc) is 3.49. The lowest BCUT2D eigenvalue weighted by atomic mass is 9.95. The molecule has 0 aromatic heterocycles. The minimum atomic E-state index is -0.674. The smallest absolute Gasteiger partial charge is 0.347 e. The number of unbranched alkanes of at least 4 members (excludes halogenated alkanes) is 1. The zero-order chi connectivity index (χ0) is 27.1. The summed E-state index contributed by atoms with van der Waals surface area (Å²) in [5.74, 6) is 1.43. The molecule has 0 N–H and O–H groups in total. The van der Waals surface area contributed by atoms with Crippen LogP contribution < -0.4 is 4.74 Å². The van der Waals surface area contributed by atoms with Gasteiger partial charge in [0.15, 0.2) is 6.10 Å². The second kappa shape index (κ2) is 12.6. The Morgan fingerprint density at radius 3 is 2.42 bits per heavy atom. The number of esters is 1. The van der Waals surface area contributed by atoms with Crippen molar-refractivity contribution in [1.82, 2.24) is 4.90 Å². The van der Waals surface area contributed by atoms with Crippen molar-refractivity contribution < 1.29 is 19.1 Å². The lowest BCUT2D eigenvalue weighted by Crippen LogP contribution is -2.40. The first kappa shape index (κ1) is 27.9. The molecule has 1 unspecified atom stereocenters. The summed E-state index contributed by atoms with van der Waals surface area (Å²) in [7, 11) is 0. The summed E-state index contributed by atoms with van der Waals surface area (Å²) in [6.45, 7) is 8.73. The van der Waals surface area contributed by atoms with Crippen LogP contribution in [-0.2, 0) is 27.3 Å². The summed E-state index contributed by atoms with van der Waals surface area (Å²) >= 11 is 0. The molecular formula is C32H42N2O4. The number of ether oxygens (including phenoxy) is 2. The van der Waals surface area contributed by atoms with E-state index >= 15 is 0 Å². The fourth-order valence-corrected chi connectivity index (χ4v) is 5.57. The van der Waals surface area contributed by atoms with Gasteiger partial charge in [-0.1, -0.05) is 69.9 Å². The number of hydrogen-bond acceptors (Lipinski definition) is 5. The number of aliphatic imine (C=N–C) groups is 1. The summed E-state index contributed by atoms with van der Waals surface area (Å²) in [6, 6.07) is 14.5. The van der Waals surface area contributed by atoms with Gasteiger partial charge in [0, 0.05) is 6.42 Å². The minimum absolute atomic E-state index is 0.191. The topological polar surface area (TPSA) is 68.2 Å². The van der Waals surface area contributed by atoms with Crippen molar-refractivity contribution >= 4 is 17.7 Å². The molecule has 2 aromatic rings. The number of hydrogen-bond donors (Lipinski definition) is 0. The Labute approximate surface area is 227 Å². The lowest BCUT2D eigenvalue weighted by Gasteiger charge is -2.23. The summed E-state index contributed by atoms with van der Waals surface area (Å²) in [6.07, 6.45) is 8.23. The van der Waals surface area contributed by atoms with Crippen molar-refractivity contribution in [3.05, 3.63) is 53.6 Å². The number of carbonyl (C=O) groups excluding carboxylic acids is 2. The van der Waals surface area contributed by atoms with Crippen LogP contribution in [0.1, 0.15) is 90.2 Å². The van der Waals surface area contributed by atoms with E-state index < -0.39 is 11.6 Å². The molecule has 6 heteroatoms. The highest BCUT2D eigenvalue weighted by atomic mass is 16.6. The molecule has 38 heavy (non-hydrogen) atoms. The first-order valence-electron chi connectivity index (χ1n) is 14.4. The fourth-order valence-electron chi connectivity index (χ4n) is 5.57. The molecule has 1 saturated carbocycles. The summed E-state index contributed by atoms with van der Waals surface area (Å²) < 4.78 is 11.0. The Bertz CT molecular complexity index is 1150. The average molecular weight is 519 g/mol. The molecule has 1 heterocycles. The largest absolute Gasteiger partial charge is 0.479 e. The highest BCUT2D eigenvalue weighted by molar-refractivity contribution is 6.08. The SMILES string of the molecule is CCCCC1=NC2(CCCC2)C(=O)N1Cc1ccc(-c2cc(OC(C)C(=O)OCC)ccc2CCC)cc1. The van der Waals surface area contributed by atoms with Gasteiger partial charge >= 0.3 is 5.97 Å². The molecule has 4 rings (SSSR count). The van der Waals surface area contributed by atoms with Gasteiger partial charge < -0.3 is 9.47 Å². The van der Waals surface area contributed by atoms with Crippen LogP contribution in [0, 0.1) is 0 Å². The Kier molecular flexibility index (Phi) is 9.24. The number of nitrogens with zero attached hydrogens (tertiary/aromatic N) is 2. The van der Waals surface area contributed by atoms with Crippen LogP contribution in [0.4, 0.5) is 0 Å². The van der Waals surface area contributed by atoms with Gasteiger partial charge in [0.1, 0.15) is 17.1 Å². The number of benzene rings is 2. The third-order valence-corrected chi connectivity index (χ3v) is 7.62. The number of rotatable bonds is 12. The summed E-state index contributed by atoms with van der Waals surface area (Å²) in [4.78, 5) is 32.5. The Morgan fingerprint density at radius 2 is 1.76 bits per heavy atom. The fraction of sp³-hybridized carbons (Fsp3) is 0.531. The number of amides is 1. The first-order chi connectivity index (χ1) is 18.4. The van der Waals surface area contributed by atoms with E-state index in [4.69, 9.17) is 14.5 Å². The molecule has 2 aliphatic rings. The summed E-state index contributed by atoms with van der Waals surface area (Å²) in [5.41, 5.74) is 4.02. The Balaban J connectivity index is 1.54. The van der Waals surface area contributed by atoms with Gasteiger partial charge in [-0.15, -0.1) is 0 Å². The maximum absolute atomic E-state index is 13.5. The maximum Gasteiger partial charge on any atom is 0.347 e. The van der Waals surface area contributed by atoms with Gasteiger partial charge in [-0.05, 0) is 73.9 Å². The normalized spacial score (nSPS) is 17.1. The second-order valence-corrected chi connectivity index (χ2v) is 10.5. The van der Waals surface area contributed by atoms with Crippen LogP contribution >= 0.6 is 0 Å². The van der Waals surface area contributed by atoms with Crippen molar-refractivity contribution in [2.45, 2.75) is 104 Å². The second-order valence-electron chi connectivity index (χ2n) is 10.5. The standard InChI is InChI=1S/C32H42N2O4/c1-5-8-12-29-33-32(19-9-10-20-32)31(36)34(29)22-24-13-15-26(16-14-24)28-21-27(18-17-25(28)11-6-2)38-23(4)30(35)37-7-3/h13-18,21,23H,5-12,19-20,22H2,1-4H3. The Morgan fingerprint density at radius 1 is 1.03 bits per heavy atom. The maximum atomic E-state index is 13.5. The van der Waals surface area contributed by atoms with Gasteiger partial charge in [-0.2, -0.15) is 0 Å². The quantitative estimate of drug-likeness (QED) is 0.287. The summed E-state index contributed by atoms with van der Waals surface area (Å²) in [5, 5.41) is 0. The van der Waals surface area contributed by atoms with Gasteiger partial charge in [-0.25, -0.2) is 4.79 Å². The Hall–Kier alpha value is -3.15. The van der Waals surface area contributed by atoms with Gasteiger partial charge in [-0.3, -0.25) is 14.7 Å². The molecule has 204 valence electrons. The molecule has 0 radical (unpaired) electrons.